The van der Waals surface area contributed by atoms with Crippen molar-refractivity contribution >= 4 is 26.8 Å². The van der Waals surface area contributed by atoms with Gasteiger partial charge in [0, 0.05) is 0 Å². The van der Waals surface area contributed by atoms with Gasteiger partial charge in [-0.2, -0.15) is 4.68 Å². The molecule has 0 atom stereocenters. The van der Waals surface area contributed by atoms with Gasteiger partial charge in [0.2, 0.25) is 0 Å². The van der Waals surface area contributed by atoms with E-state index in [-0.39, 0.29) is 10.5 Å². The SMILES string of the molecule is O=C1c2ccccc2S(=O)(=O)N1Cn1nnc2ccccc2c1=O. The maximum atomic E-state index is 12.5. The molecule has 0 fully saturated rings. The van der Waals surface area contributed by atoms with Crippen LogP contribution in [0.1, 0.15) is 10.4 Å². The molecule has 0 N–H and O–H groups in total. The highest BCUT2D eigenvalue weighted by atomic mass is 32.2. The van der Waals surface area contributed by atoms with Gasteiger partial charge < -0.3 is 0 Å². The van der Waals surface area contributed by atoms with Crippen molar-refractivity contribution in [2.45, 2.75) is 11.6 Å². The van der Waals surface area contributed by atoms with Crippen molar-refractivity contribution in [3.63, 3.8) is 0 Å². The van der Waals surface area contributed by atoms with Gasteiger partial charge in [0.25, 0.3) is 21.5 Å². The van der Waals surface area contributed by atoms with Gasteiger partial charge >= 0.3 is 0 Å². The lowest BCUT2D eigenvalue weighted by Crippen LogP contribution is -2.37. The van der Waals surface area contributed by atoms with Crippen molar-refractivity contribution in [2.75, 3.05) is 0 Å². The van der Waals surface area contributed by atoms with E-state index in [0.717, 1.165) is 4.68 Å². The molecule has 0 aliphatic carbocycles. The van der Waals surface area contributed by atoms with Gasteiger partial charge in [-0.3, -0.25) is 9.59 Å². The fourth-order valence-corrected chi connectivity index (χ4v) is 4.11. The number of aromatic nitrogens is 3. The molecule has 1 aromatic heterocycles. The zero-order valence-electron chi connectivity index (χ0n) is 12.2. The Bertz CT molecular complexity index is 1150. The standard InChI is InChI=1S/C15H10N4O4S/c20-14-10-5-1-3-7-12(10)16-17-18(14)9-19-15(21)11-6-2-4-8-13(11)24(19,22)23/h1-8H,9H2. The number of amides is 1. The van der Waals surface area contributed by atoms with E-state index in [0.29, 0.717) is 15.2 Å². The average molecular weight is 342 g/mol. The van der Waals surface area contributed by atoms with Crippen molar-refractivity contribution in [3.05, 3.63) is 64.4 Å². The molecular formula is C15H10N4O4S. The minimum Gasteiger partial charge on any atom is -0.268 e. The molecule has 0 unspecified atom stereocenters. The summed E-state index contributed by atoms with van der Waals surface area (Å²) in [6, 6.07) is 12.5. The van der Waals surface area contributed by atoms with Crippen molar-refractivity contribution in [1.29, 1.82) is 0 Å². The summed E-state index contributed by atoms with van der Waals surface area (Å²) in [6.45, 7) is -0.521. The Morgan fingerprint density at radius 3 is 2.46 bits per heavy atom. The molecule has 4 rings (SSSR count). The lowest BCUT2D eigenvalue weighted by Gasteiger charge is -2.15. The third-order valence-electron chi connectivity index (χ3n) is 3.80. The molecule has 1 aliphatic rings. The zero-order valence-corrected chi connectivity index (χ0v) is 13.0. The number of sulfonamides is 1. The third-order valence-corrected chi connectivity index (χ3v) is 5.58. The predicted octanol–water partition coefficient (Wildman–Crippen LogP) is 0.594. The predicted molar refractivity (Wildman–Crippen MR) is 83.6 cm³/mol. The monoisotopic (exact) mass is 342 g/mol. The summed E-state index contributed by atoms with van der Waals surface area (Å²) < 4.78 is 26.5. The number of carbonyl (C=O) groups is 1. The number of benzene rings is 2. The van der Waals surface area contributed by atoms with Crippen molar-refractivity contribution in [1.82, 2.24) is 19.3 Å². The van der Waals surface area contributed by atoms with E-state index >= 15 is 0 Å². The summed E-state index contributed by atoms with van der Waals surface area (Å²) in [6.07, 6.45) is 0. The lowest BCUT2D eigenvalue weighted by molar-refractivity contribution is 0.0837. The Balaban J connectivity index is 1.81. The van der Waals surface area contributed by atoms with Gasteiger partial charge in [-0.1, -0.05) is 29.5 Å². The summed E-state index contributed by atoms with van der Waals surface area (Å²) in [4.78, 5) is 24.7. The number of nitrogens with zero attached hydrogens (tertiary/aromatic N) is 4. The van der Waals surface area contributed by atoms with Crippen LogP contribution in [0.15, 0.2) is 58.2 Å². The minimum absolute atomic E-state index is 0.0724. The minimum atomic E-state index is -4.01. The van der Waals surface area contributed by atoms with E-state index in [9.17, 15) is 18.0 Å². The first-order valence-electron chi connectivity index (χ1n) is 6.99. The van der Waals surface area contributed by atoms with Gasteiger partial charge in [-0.15, -0.1) is 5.10 Å². The molecule has 1 amide bonds. The van der Waals surface area contributed by atoms with E-state index in [4.69, 9.17) is 0 Å². The molecule has 2 heterocycles. The molecule has 9 heteroatoms. The second-order valence-electron chi connectivity index (χ2n) is 5.21. The molecule has 8 nitrogen and oxygen atoms in total. The summed E-state index contributed by atoms with van der Waals surface area (Å²) in [5.41, 5.74) is -0.0310. The number of hydrogen-bond donors (Lipinski definition) is 0. The second kappa shape index (κ2) is 4.96. The largest absolute Gasteiger partial charge is 0.279 e. The molecular weight excluding hydrogens is 332 g/mol. The zero-order chi connectivity index (χ0) is 16.9. The van der Waals surface area contributed by atoms with Gasteiger partial charge in [-0.05, 0) is 24.3 Å². The topological polar surface area (TPSA) is 102 Å². The molecule has 3 aromatic rings. The molecule has 0 spiro atoms. The van der Waals surface area contributed by atoms with E-state index in [1.165, 1.54) is 18.2 Å². The van der Waals surface area contributed by atoms with Gasteiger partial charge in [-0.25, -0.2) is 12.7 Å². The molecule has 2 aromatic carbocycles. The number of fused-ring (bicyclic) bond motifs is 2. The fourth-order valence-electron chi connectivity index (χ4n) is 2.61. The van der Waals surface area contributed by atoms with Crippen LogP contribution in [0.2, 0.25) is 0 Å². The highest BCUT2D eigenvalue weighted by Crippen LogP contribution is 2.29. The van der Waals surface area contributed by atoms with Crippen LogP contribution >= 0.6 is 0 Å². The van der Waals surface area contributed by atoms with Gasteiger partial charge in [0.05, 0.1) is 10.9 Å². The van der Waals surface area contributed by atoms with Crippen LogP contribution in [0.3, 0.4) is 0 Å². The average Bonchev–Trinajstić information content (AvgIpc) is 2.78. The van der Waals surface area contributed by atoms with Crippen LogP contribution in [0.5, 0.6) is 0 Å². The summed E-state index contributed by atoms with van der Waals surface area (Å²) in [5, 5.41) is 7.91. The van der Waals surface area contributed by atoms with Crippen molar-refractivity contribution < 1.29 is 13.2 Å². The highest BCUT2D eigenvalue weighted by molar-refractivity contribution is 7.90. The Kier molecular flexibility index (Phi) is 3.00. The lowest BCUT2D eigenvalue weighted by atomic mass is 10.2. The van der Waals surface area contributed by atoms with Crippen LogP contribution in [0, 0.1) is 0 Å². The van der Waals surface area contributed by atoms with E-state index in [1.54, 1.807) is 30.3 Å². The van der Waals surface area contributed by atoms with Gasteiger partial charge in [0.15, 0.2) is 0 Å². The van der Waals surface area contributed by atoms with Crippen molar-refractivity contribution in [2.24, 2.45) is 0 Å². The van der Waals surface area contributed by atoms with Gasteiger partial charge in [0.1, 0.15) is 17.1 Å². The Morgan fingerprint density at radius 1 is 0.958 bits per heavy atom. The van der Waals surface area contributed by atoms with E-state index < -0.39 is 28.2 Å². The van der Waals surface area contributed by atoms with Crippen LogP contribution < -0.4 is 5.56 Å². The van der Waals surface area contributed by atoms with E-state index in [2.05, 4.69) is 10.3 Å². The quantitative estimate of drug-likeness (QED) is 0.675. The van der Waals surface area contributed by atoms with Crippen molar-refractivity contribution in [3.8, 4) is 0 Å². The molecule has 0 saturated carbocycles. The molecule has 120 valence electrons. The molecule has 0 saturated heterocycles. The summed E-state index contributed by atoms with van der Waals surface area (Å²) in [5.74, 6) is -0.688. The molecule has 0 bridgehead atoms. The second-order valence-corrected chi connectivity index (χ2v) is 7.04. The smallest absolute Gasteiger partial charge is 0.268 e. The molecule has 24 heavy (non-hydrogen) atoms. The molecule has 1 aliphatic heterocycles. The number of hydrogen-bond acceptors (Lipinski definition) is 6. The highest BCUT2D eigenvalue weighted by Gasteiger charge is 2.41. The maximum absolute atomic E-state index is 12.5. The fraction of sp³-hybridized carbons (Fsp3) is 0.0667. The summed E-state index contributed by atoms with van der Waals surface area (Å²) >= 11 is 0. The number of rotatable bonds is 2. The first-order valence-corrected chi connectivity index (χ1v) is 8.43. The van der Waals surface area contributed by atoms with E-state index in [1.807, 2.05) is 0 Å². The first-order chi connectivity index (χ1) is 11.5. The van der Waals surface area contributed by atoms with Crippen LogP contribution in [0.4, 0.5) is 0 Å². The third kappa shape index (κ3) is 1.95. The maximum Gasteiger partial charge on any atom is 0.279 e. The normalized spacial score (nSPS) is 15.7. The number of carbonyl (C=O) groups excluding carboxylic acids is 1. The van der Waals surface area contributed by atoms with Crippen LogP contribution in [0.25, 0.3) is 10.9 Å². The first kappa shape index (κ1) is 14.5. The Labute approximate surface area is 136 Å². The van der Waals surface area contributed by atoms with Crippen LogP contribution in [-0.4, -0.2) is 33.6 Å². The molecule has 0 radical (unpaired) electrons. The summed E-state index contributed by atoms with van der Waals surface area (Å²) in [7, 11) is -4.01. The Morgan fingerprint density at radius 2 is 1.67 bits per heavy atom. The Hall–Kier alpha value is -3.07. The van der Waals surface area contributed by atoms with Crippen LogP contribution in [-0.2, 0) is 16.7 Å².